The standard InChI is InChI=1S/C13H22N4O3S/c1-10(2)11(12-14-4-5-16(12)3)15-13(18)17-6-8-21(19,20)9-7-17/h4-5,10-11H,6-9H2,1-3H3,(H,15,18)/t11-/m0/s1. The topological polar surface area (TPSA) is 84.3 Å². The molecule has 1 saturated heterocycles. The maximum atomic E-state index is 12.3. The molecule has 1 atom stereocenters. The molecule has 1 aliphatic heterocycles. The Morgan fingerprint density at radius 3 is 2.43 bits per heavy atom. The molecule has 1 N–H and O–H groups in total. The number of nitrogens with one attached hydrogen (secondary N) is 1. The van der Waals surface area contributed by atoms with Crippen molar-refractivity contribution in [2.75, 3.05) is 24.6 Å². The van der Waals surface area contributed by atoms with Crippen LogP contribution in [0.15, 0.2) is 12.4 Å². The number of aryl methyl sites for hydroxylation is 1. The highest BCUT2D eigenvalue weighted by atomic mass is 32.2. The number of nitrogens with zero attached hydrogens (tertiary/aromatic N) is 3. The minimum atomic E-state index is -2.98. The third kappa shape index (κ3) is 3.75. The van der Waals surface area contributed by atoms with Crippen LogP contribution in [0.3, 0.4) is 0 Å². The Balaban J connectivity index is 2.05. The second-order valence-electron chi connectivity index (χ2n) is 5.71. The number of carbonyl (C=O) groups excluding carboxylic acids is 1. The Hall–Kier alpha value is -1.57. The van der Waals surface area contributed by atoms with E-state index in [0.717, 1.165) is 5.82 Å². The van der Waals surface area contributed by atoms with Crippen molar-refractivity contribution in [2.24, 2.45) is 13.0 Å². The van der Waals surface area contributed by atoms with Gasteiger partial charge in [0.2, 0.25) is 0 Å². The number of hydrogen-bond donors (Lipinski definition) is 1. The van der Waals surface area contributed by atoms with Crippen LogP contribution in [0.1, 0.15) is 25.7 Å². The highest BCUT2D eigenvalue weighted by Gasteiger charge is 2.28. The molecule has 1 fully saturated rings. The zero-order valence-corrected chi connectivity index (χ0v) is 13.4. The molecule has 2 rings (SSSR count). The van der Waals surface area contributed by atoms with Gasteiger partial charge in [0.25, 0.3) is 0 Å². The molecule has 1 aromatic heterocycles. The normalized spacial score (nSPS) is 19.5. The molecule has 1 aliphatic rings. The van der Waals surface area contributed by atoms with E-state index in [1.165, 1.54) is 0 Å². The summed E-state index contributed by atoms with van der Waals surface area (Å²) in [6, 6.07) is -0.428. The van der Waals surface area contributed by atoms with Crippen LogP contribution in [0.4, 0.5) is 4.79 Å². The number of sulfone groups is 1. The van der Waals surface area contributed by atoms with Crippen LogP contribution in [0.5, 0.6) is 0 Å². The van der Waals surface area contributed by atoms with Crippen molar-refractivity contribution in [3.8, 4) is 0 Å². The van der Waals surface area contributed by atoms with Gasteiger partial charge in [-0.3, -0.25) is 0 Å². The van der Waals surface area contributed by atoms with Gasteiger partial charge in [0, 0.05) is 32.5 Å². The Kier molecular flexibility index (Phi) is 4.55. The number of aromatic nitrogens is 2. The van der Waals surface area contributed by atoms with Gasteiger partial charge in [0.1, 0.15) is 5.82 Å². The molecular formula is C13H22N4O3S. The lowest BCUT2D eigenvalue weighted by atomic mass is 10.0. The summed E-state index contributed by atoms with van der Waals surface area (Å²) in [5.41, 5.74) is 0. The number of urea groups is 1. The predicted octanol–water partition coefficient (Wildman–Crippen LogP) is 0.557. The summed E-state index contributed by atoms with van der Waals surface area (Å²) in [5, 5.41) is 2.97. The van der Waals surface area contributed by atoms with E-state index in [4.69, 9.17) is 0 Å². The van der Waals surface area contributed by atoms with Crippen LogP contribution in [0.2, 0.25) is 0 Å². The molecule has 1 aromatic rings. The molecule has 0 spiro atoms. The van der Waals surface area contributed by atoms with E-state index in [1.54, 1.807) is 11.1 Å². The van der Waals surface area contributed by atoms with Gasteiger partial charge in [-0.15, -0.1) is 0 Å². The smallest absolute Gasteiger partial charge is 0.318 e. The van der Waals surface area contributed by atoms with E-state index in [2.05, 4.69) is 10.3 Å². The summed E-state index contributed by atoms with van der Waals surface area (Å²) in [5.74, 6) is 1.05. The summed E-state index contributed by atoms with van der Waals surface area (Å²) in [6.45, 7) is 4.53. The number of rotatable bonds is 3. The van der Waals surface area contributed by atoms with E-state index in [0.29, 0.717) is 0 Å². The highest BCUT2D eigenvalue weighted by molar-refractivity contribution is 7.91. The van der Waals surface area contributed by atoms with E-state index in [1.807, 2.05) is 31.7 Å². The van der Waals surface area contributed by atoms with Crippen molar-refractivity contribution in [3.63, 3.8) is 0 Å². The number of amides is 2. The zero-order valence-electron chi connectivity index (χ0n) is 12.6. The number of imidazole rings is 1. The second kappa shape index (κ2) is 6.05. The van der Waals surface area contributed by atoms with Crippen LogP contribution in [-0.4, -0.2) is 53.5 Å². The number of hydrogen-bond acceptors (Lipinski definition) is 4. The second-order valence-corrected chi connectivity index (χ2v) is 8.01. The lowest BCUT2D eigenvalue weighted by Gasteiger charge is -2.30. The molecule has 0 bridgehead atoms. The third-order valence-electron chi connectivity index (χ3n) is 3.71. The van der Waals surface area contributed by atoms with Crippen molar-refractivity contribution in [1.29, 1.82) is 0 Å². The molecule has 0 aliphatic carbocycles. The molecule has 0 radical (unpaired) electrons. The summed E-state index contributed by atoms with van der Waals surface area (Å²) >= 11 is 0. The SMILES string of the molecule is CC(C)[C@H](NC(=O)N1CCS(=O)(=O)CC1)c1nccn1C. The Morgan fingerprint density at radius 1 is 1.33 bits per heavy atom. The van der Waals surface area contributed by atoms with Crippen molar-refractivity contribution in [1.82, 2.24) is 19.8 Å². The summed E-state index contributed by atoms with van der Waals surface area (Å²) < 4.78 is 24.7. The summed E-state index contributed by atoms with van der Waals surface area (Å²) in [4.78, 5) is 18.2. The average Bonchev–Trinajstić information content (AvgIpc) is 2.81. The van der Waals surface area contributed by atoms with Gasteiger partial charge < -0.3 is 14.8 Å². The molecule has 0 aromatic carbocycles. The monoisotopic (exact) mass is 314 g/mol. The summed E-state index contributed by atoms with van der Waals surface area (Å²) in [6.07, 6.45) is 3.54. The first-order chi connectivity index (χ1) is 9.80. The lowest BCUT2D eigenvalue weighted by Crippen LogP contribution is -2.49. The van der Waals surface area contributed by atoms with Crippen LogP contribution < -0.4 is 5.32 Å². The molecule has 0 unspecified atom stereocenters. The van der Waals surface area contributed by atoms with Crippen LogP contribution >= 0.6 is 0 Å². The van der Waals surface area contributed by atoms with Crippen molar-refractivity contribution in [3.05, 3.63) is 18.2 Å². The van der Waals surface area contributed by atoms with Gasteiger partial charge in [-0.2, -0.15) is 0 Å². The van der Waals surface area contributed by atoms with Crippen LogP contribution in [0, 0.1) is 5.92 Å². The molecule has 7 nitrogen and oxygen atoms in total. The molecule has 8 heteroatoms. The molecule has 118 valence electrons. The fourth-order valence-electron chi connectivity index (χ4n) is 2.35. The average molecular weight is 314 g/mol. The van der Waals surface area contributed by atoms with E-state index in [-0.39, 0.29) is 42.6 Å². The third-order valence-corrected chi connectivity index (χ3v) is 5.32. The van der Waals surface area contributed by atoms with Gasteiger partial charge >= 0.3 is 6.03 Å². The largest absolute Gasteiger partial charge is 0.336 e. The minimum Gasteiger partial charge on any atom is -0.336 e. The molecule has 2 amide bonds. The fraction of sp³-hybridized carbons (Fsp3) is 0.692. The Labute approximate surface area is 125 Å². The van der Waals surface area contributed by atoms with E-state index in [9.17, 15) is 13.2 Å². The quantitative estimate of drug-likeness (QED) is 0.883. The van der Waals surface area contributed by atoms with Gasteiger partial charge in [-0.05, 0) is 5.92 Å². The maximum absolute atomic E-state index is 12.3. The lowest BCUT2D eigenvalue weighted by molar-refractivity contribution is 0.193. The Bertz CT molecular complexity index is 595. The molecular weight excluding hydrogens is 292 g/mol. The van der Waals surface area contributed by atoms with Crippen LogP contribution in [-0.2, 0) is 16.9 Å². The molecule has 0 saturated carbocycles. The van der Waals surface area contributed by atoms with Gasteiger partial charge in [0.15, 0.2) is 9.84 Å². The zero-order chi connectivity index (χ0) is 15.6. The Morgan fingerprint density at radius 2 is 1.95 bits per heavy atom. The minimum absolute atomic E-state index is 0.0369. The first-order valence-corrected chi connectivity index (χ1v) is 8.85. The van der Waals surface area contributed by atoms with Gasteiger partial charge in [-0.25, -0.2) is 18.2 Å². The van der Waals surface area contributed by atoms with Crippen molar-refractivity contribution < 1.29 is 13.2 Å². The van der Waals surface area contributed by atoms with E-state index >= 15 is 0 Å². The molecule has 2 heterocycles. The summed E-state index contributed by atoms with van der Waals surface area (Å²) in [7, 11) is -1.10. The predicted molar refractivity (Wildman–Crippen MR) is 79.5 cm³/mol. The van der Waals surface area contributed by atoms with Crippen molar-refractivity contribution in [2.45, 2.75) is 19.9 Å². The van der Waals surface area contributed by atoms with Gasteiger partial charge in [-0.1, -0.05) is 13.8 Å². The fourth-order valence-corrected chi connectivity index (χ4v) is 3.55. The molecule has 21 heavy (non-hydrogen) atoms. The first kappa shape index (κ1) is 15.8. The van der Waals surface area contributed by atoms with Gasteiger partial charge in [0.05, 0.1) is 17.5 Å². The number of carbonyl (C=O) groups is 1. The first-order valence-electron chi connectivity index (χ1n) is 7.03. The van der Waals surface area contributed by atoms with Crippen LogP contribution in [0.25, 0.3) is 0 Å². The maximum Gasteiger partial charge on any atom is 0.318 e. The highest BCUT2D eigenvalue weighted by Crippen LogP contribution is 2.20. The van der Waals surface area contributed by atoms with Crippen molar-refractivity contribution >= 4 is 15.9 Å². The van der Waals surface area contributed by atoms with E-state index < -0.39 is 9.84 Å².